The van der Waals surface area contributed by atoms with Crippen molar-refractivity contribution in [3.63, 3.8) is 0 Å². The molecule has 7 rings (SSSR count). The van der Waals surface area contributed by atoms with Crippen LogP contribution in [0.15, 0.2) is 158 Å². The molecule has 0 saturated carbocycles. The van der Waals surface area contributed by atoms with E-state index >= 15 is 0 Å². The Bertz CT molecular complexity index is 1930. The zero-order valence-electron chi connectivity index (χ0n) is 22.3. The molecule has 0 N–H and O–H groups in total. The molecule has 41 heavy (non-hydrogen) atoms. The van der Waals surface area contributed by atoms with Gasteiger partial charge in [-0.3, -0.25) is 9.97 Å². The molecule has 0 spiro atoms. The van der Waals surface area contributed by atoms with Crippen molar-refractivity contribution in [3.05, 3.63) is 158 Å². The average Bonchev–Trinajstić information content (AvgIpc) is 3.51. The van der Waals surface area contributed by atoms with Gasteiger partial charge in [-0.15, -0.1) is 11.3 Å². The van der Waals surface area contributed by atoms with E-state index in [9.17, 15) is 0 Å². The van der Waals surface area contributed by atoms with E-state index in [1.54, 1.807) is 23.7 Å². The maximum atomic E-state index is 5.00. The molecule has 0 atom stereocenters. The van der Waals surface area contributed by atoms with Crippen molar-refractivity contribution in [3.8, 4) is 65.6 Å². The molecule has 2 nitrogen and oxygen atoms in total. The van der Waals surface area contributed by atoms with Crippen LogP contribution in [0.4, 0.5) is 0 Å². The van der Waals surface area contributed by atoms with Crippen molar-refractivity contribution in [2.24, 2.45) is 0 Å². The van der Waals surface area contributed by atoms with Gasteiger partial charge in [0.15, 0.2) is 0 Å². The summed E-state index contributed by atoms with van der Waals surface area (Å²) in [5.41, 5.74) is 11.1. The molecule has 194 valence electrons. The van der Waals surface area contributed by atoms with Crippen molar-refractivity contribution in [2.45, 2.75) is 0 Å². The highest BCUT2D eigenvalue weighted by molar-refractivity contribution is 7.19. The SMILES string of the molecule is c1ccc(-c2cc(-c3ccccc3-c3ccccc3)c(-c3nccnc3-c3ccccc3-c3ccccc3)s2)cc1. The molecule has 0 bridgehead atoms. The highest BCUT2D eigenvalue weighted by atomic mass is 32.1. The molecule has 3 heteroatoms. The fraction of sp³-hybridized carbons (Fsp3) is 0. The van der Waals surface area contributed by atoms with Gasteiger partial charge in [-0.25, -0.2) is 0 Å². The van der Waals surface area contributed by atoms with Crippen molar-refractivity contribution in [2.75, 3.05) is 0 Å². The van der Waals surface area contributed by atoms with E-state index < -0.39 is 0 Å². The highest BCUT2D eigenvalue weighted by Crippen LogP contribution is 2.48. The maximum absolute atomic E-state index is 5.00. The first kappa shape index (κ1) is 24.9. The summed E-state index contributed by atoms with van der Waals surface area (Å²) in [6, 6.07) is 51.1. The van der Waals surface area contributed by atoms with Crippen LogP contribution >= 0.6 is 11.3 Å². The summed E-state index contributed by atoms with van der Waals surface area (Å²) < 4.78 is 0. The van der Waals surface area contributed by atoms with Crippen LogP contribution < -0.4 is 0 Å². The first-order chi connectivity index (χ1) is 20.4. The molecular formula is C38H26N2S. The van der Waals surface area contributed by atoms with Gasteiger partial charge in [0.25, 0.3) is 0 Å². The number of nitrogens with zero attached hydrogens (tertiary/aromatic N) is 2. The third kappa shape index (κ3) is 4.88. The van der Waals surface area contributed by atoms with Crippen LogP contribution in [0.2, 0.25) is 0 Å². The molecule has 0 aliphatic rings. The van der Waals surface area contributed by atoms with Gasteiger partial charge in [0.05, 0.1) is 10.6 Å². The molecule has 2 aromatic heterocycles. The van der Waals surface area contributed by atoms with Gasteiger partial charge < -0.3 is 0 Å². The van der Waals surface area contributed by atoms with Gasteiger partial charge in [-0.2, -0.15) is 0 Å². The number of hydrogen-bond acceptors (Lipinski definition) is 3. The molecule has 0 radical (unpaired) electrons. The smallest absolute Gasteiger partial charge is 0.107 e. The largest absolute Gasteiger partial charge is 0.252 e. The van der Waals surface area contributed by atoms with E-state index in [2.05, 4.69) is 140 Å². The lowest BCUT2D eigenvalue weighted by molar-refractivity contribution is 1.22. The highest BCUT2D eigenvalue weighted by Gasteiger charge is 2.22. The first-order valence-corrected chi connectivity index (χ1v) is 14.5. The standard InChI is InChI=1S/C38H26N2S/c1-4-14-27(15-5-1)30-20-10-12-22-32(30)34-26-35(29-18-8-3-9-19-29)41-38(34)37-36(39-24-25-40-37)33-23-13-11-21-31(33)28-16-6-2-7-17-28/h1-26H. The van der Waals surface area contributed by atoms with E-state index in [0.29, 0.717) is 0 Å². The van der Waals surface area contributed by atoms with E-state index in [1.165, 1.54) is 27.1 Å². The number of benzene rings is 5. The Balaban J connectivity index is 1.48. The summed E-state index contributed by atoms with van der Waals surface area (Å²) in [7, 11) is 0. The maximum Gasteiger partial charge on any atom is 0.107 e. The van der Waals surface area contributed by atoms with E-state index in [0.717, 1.165) is 38.5 Å². The summed E-state index contributed by atoms with van der Waals surface area (Å²) in [6.07, 6.45) is 3.60. The minimum absolute atomic E-state index is 0.881. The summed E-state index contributed by atoms with van der Waals surface area (Å²) in [5, 5.41) is 0. The predicted octanol–water partition coefficient (Wildman–Crippen LogP) is 10.5. The molecule has 0 aliphatic heterocycles. The normalized spacial score (nSPS) is 10.9. The van der Waals surface area contributed by atoms with Crippen LogP contribution in [0.3, 0.4) is 0 Å². The predicted molar refractivity (Wildman–Crippen MR) is 173 cm³/mol. The lowest BCUT2D eigenvalue weighted by atomic mass is 9.92. The second-order valence-electron chi connectivity index (χ2n) is 9.80. The number of thiophene rings is 1. The summed E-state index contributed by atoms with van der Waals surface area (Å²) in [6.45, 7) is 0. The molecule has 7 aromatic rings. The first-order valence-electron chi connectivity index (χ1n) is 13.7. The number of rotatable bonds is 6. The van der Waals surface area contributed by atoms with Crippen LogP contribution in [0.1, 0.15) is 0 Å². The zero-order valence-corrected chi connectivity index (χ0v) is 23.1. The van der Waals surface area contributed by atoms with Crippen molar-refractivity contribution in [1.82, 2.24) is 9.97 Å². The molecule has 2 heterocycles. The molecule has 0 saturated heterocycles. The lowest BCUT2D eigenvalue weighted by Gasteiger charge is -2.14. The van der Waals surface area contributed by atoms with Gasteiger partial charge in [-0.1, -0.05) is 140 Å². The molecule has 0 fully saturated rings. The van der Waals surface area contributed by atoms with Crippen molar-refractivity contribution < 1.29 is 0 Å². The summed E-state index contributed by atoms with van der Waals surface area (Å²) >= 11 is 1.77. The summed E-state index contributed by atoms with van der Waals surface area (Å²) in [5.74, 6) is 0. The van der Waals surface area contributed by atoms with E-state index in [-0.39, 0.29) is 0 Å². The Labute approximate surface area is 244 Å². The van der Waals surface area contributed by atoms with Gasteiger partial charge >= 0.3 is 0 Å². The fourth-order valence-corrected chi connectivity index (χ4v) is 6.53. The zero-order chi connectivity index (χ0) is 27.4. The van der Waals surface area contributed by atoms with Crippen LogP contribution in [0.25, 0.3) is 65.6 Å². The third-order valence-corrected chi connectivity index (χ3v) is 8.46. The molecular weight excluding hydrogens is 516 g/mol. The molecule has 0 unspecified atom stereocenters. The van der Waals surface area contributed by atoms with Gasteiger partial charge in [0, 0.05) is 28.4 Å². The Kier molecular flexibility index (Phi) is 6.78. The Hall–Kier alpha value is -5.12. The van der Waals surface area contributed by atoms with Gasteiger partial charge in [0.2, 0.25) is 0 Å². The Morgan fingerprint density at radius 2 is 0.805 bits per heavy atom. The summed E-state index contributed by atoms with van der Waals surface area (Å²) in [4.78, 5) is 12.3. The third-order valence-electron chi connectivity index (χ3n) is 7.27. The van der Waals surface area contributed by atoms with Crippen LogP contribution in [0.5, 0.6) is 0 Å². The van der Waals surface area contributed by atoms with Gasteiger partial charge in [0.1, 0.15) is 5.69 Å². The quantitative estimate of drug-likeness (QED) is 0.209. The van der Waals surface area contributed by atoms with Crippen molar-refractivity contribution >= 4 is 11.3 Å². The van der Waals surface area contributed by atoms with E-state index in [1.807, 2.05) is 6.07 Å². The molecule has 0 amide bonds. The van der Waals surface area contributed by atoms with E-state index in [4.69, 9.17) is 9.97 Å². The minimum atomic E-state index is 0.881. The number of hydrogen-bond donors (Lipinski definition) is 0. The molecule has 0 aliphatic carbocycles. The fourth-order valence-electron chi connectivity index (χ4n) is 5.36. The minimum Gasteiger partial charge on any atom is -0.252 e. The van der Waals surface area contributed by atoms with Crippen molar-refractivity contribution in [1.29, 1.82) is 0 Å². The second kappa shape index (κ2) is 11.2. The lowest BCUT2D eigenvalue weighted by Crippen LogP contribution is -1.95. The van der Waals surface area contributed by atoms with Crippen LogP contribution in [-0.2, 0) is 0 Å². The number of aromatic nitrogens is 2. The molecule has 5 aromatic carbocycles. The van der Waals surface area contributed by atoms with Gasteiger partial charge in [-0.05, 0) is 39.4 Å². The topological polar surface area (TPSA) is 25.8 Å². The Morgan fingerprint density at radius 3 is 1.39 bits per heavy atom. The monoisotopic (exact) mass is 542 g/mol. The average molecular weight is 543 g/mol. The second-order valence-corrected chi connectivity index (χ2v) is 10.8. The van der Waals surface area contributed by atoms with Crippen LogP contribution in [0, 0.1) is 0 Å². The van der Waals surface area contributed by atoms with Crippen LogP contribution in [-0.4, -0.2) is 9.97 Å². The Morgan fingerprint density at radius 1 is 0.366 bits per heavy atom.